The van der Waals surface area contributed by atoms with Gasteiger partial charge in [-0.25, -0.2) is 0 Å². The molecule has 1 aromatic carbocycles. The number of aryl methyl sites for hydroxylation is 2. The predicted octanol–water partition coefficient (Wildman–Crippen LogP) is 3.64. The minimum absolute atomic E-state index is 0.123. The number of rotatable bonds is 6. The van der Waals surface area contributed by atoms with Crippen LogP contribution in [-0.2, 0) is 13.0 Å². The quantitative estimate of drug-likeness (QED) is 0.806. The first-order valence-corrected chi connectivity index (χ1v) is 8.54. The summed E-state index contributed by atoms with van der Waals surface area (Å²) in [5.41, 5.74) is 8.50. The fraction of sp³-hybridized carbons (Fsp3) is 0.400. The Labute approximate surface area is 133 Å². The average molecular weight is 354 g/mol. The van der Waals surface area contributed by atoms with Crippen LogP contribution >= 0.6 is 27.7 Å². The van der Waals surface area contributed by atoms with Gasteiger partial charge in [0.15, 0.2) is 0 Å². The number of benzene rings is 1. The van der Waals surface area contributed by atoms with Gasteiger partial charge < -0.3 is 5.73 Å². The number of aromatic nitrogens is 2. The lowest BCUT2D eigenvalue weighted by atomic mass is 10.2. The van der Waals surface area contributed by atoms with Crippen LogP contribution in [0.4, 0.5) is 0 Å². The zero-order chi connectivity index (χ0) is 14.5. The van der Waals surface area contributed by atoms with Gasteiger partial charge in [0.05, 0.1) is 15.9 Å². The van der Waals surface area contributed by atoms with Gasteiger partial charge in [0.25, 0.3) is 0 Å². The molecule has 0 bridgehead atoms. The van der Waals surface area contributed by atoms with E-state index in [9.17, 15) is 0 Å². The molecule has 1 atom stereocenters. The molecule has 0 aliphatic heterocycles. The van der Waals surface area contributed by atoms with E-state index in [-0.39, 0.29) is 6.04 Å². The molecule has 0 aliphatic rings. The highest BCUT2D eigenvalue weighted by atomic mass is 79.9. The van der Waals surface area contributed by atoms with Gasteiger partial charge in [-0.05, 0) is 41.9 Å². The van der Waals surface area contributed by atoms with E-state index < -0.39 is 0 Å². The van der Waals surface area contributed by atoms with Crippen molar-refractivity contribution < 1.29 is 0 Å². The standard InChI is InChI=1S/C15H20BrN3S/c1-3-19-14(15(16)11(2)18-19)9-12(17)10-20-13-7-5-4-6-8-13/h4-8,12H,3,9-10,17H2,1-2H3. The van der Waals surface area contributed by atoms with Gasteiger partial charge in [0, 0.05) is 29.7 Å². The molecule has 108 valence electrons. The Balaban J connectivity index is 1.96. The van der Waals surface area contributed by atoms with Crippen LogP contribution < -0.4 is 5.73 Å². The van der Waals surface area contributed by atoms with Crippen LogP contribution in [-0.4, -0.2) is 21.6 Å². The first-order valence-electron chi connectivity index (χ1n) is 6.77. The van der Waals surface area contributed by atoms with Crippen LogP contribution in [0.25, 0.3) is 0 Å². The van der Waals surface area contributed by atoms with Crippen molar-refractivity contribution in [1.29, 1.82) is 0 Å². The largest absolute Gasteiger partial charge is 0.327 e. The van der Waals surface area contributed by atoms with Crippen LogP contribution in [0, 0.1) is 6.92 Å². The summed E-state index contributed by atoms with van der Waals surface area (Å²) in [7, 11) is 0. The van der Waals surface area contributed by atoms with Crippen molar-refractivity contribution in [3.8, 4) is 0 Å². The van der Waals surface area contributed by atoms with E-state index in [1.807, 2.05) is 17.7 Å². The number of halogens is 1. The molecule has 0 amide bonds. The molecule has 0 spiro atoms. The van der Waals surface area contributed by atoms with Gasteiger partial charge in [-0.2, -0.15) is 5.10 Å². The Hall–Kier alpha value is -0.780. The van der Waals surface area contributed by atoms with Crippen LogP contribution in [0.3, 0.4) is 0 Å². The van der Waals surface area contributed by atoms with Gasteiger partial charge >= 0.3 is 0 Å². The van der Waals surface area contributed by atoms with Crippen LogP contribution in [0.2, 0.25) is 0 Å². The molecular formula is C15H20BrN3S. The average Bonchev–Trinajstić information content (AvgIpc) is 2.74. The third kappa shape index (κ3) is 3.87. The van der Waals surface area contributed by atoms with Crippen molar-refractivity contribution in [3.63, 3.8) is 0 Å². The maximum absolute atomic E-state index is 6.27. The van der Waals surface area contributed by atoms with E-state index >= 15 is 0 Å². The molecule has 0 aliphatic carbocycles. The molecule has 2 N–H and O–H groups in total. The minimum Gasteiger partial charge on any atom is -0.327 e. The number of hydrogen-bond acceptors (Lipinski definition) is 3. The molecule has 20 heavy (non-hydrogen) atoms. The molecule has 0 radical (unpaired) electrons. The molecule has 0 saturated carbocycles. The lowest BCUT2D eigenvalue weighted by Crippen LogP contribution is -2.27. The molecule has 1 unspecified atom stereocenters. The molecule has 0 saturated heterocycles. The maximum atomic E-state index is 6.27. The zero-order valence-corrected chi connectivity index (χ0v) is 14.2. The Morgan fingerprint density at radius 2 is 2.05 bits per heavy atom. The van der Waals surface area contributed by atoms with Crippen molar-refractivity contribution in [2.75, 3.05) is 5.75 Å². The number of nitrogens with two attached hydrogens (primary N) is 1. The van der Waals surface area contributed by atoms with Crippen molar-refractivity contribution in [1.82, 2.24) is 9.78 Å². The monoisotopic (exact) mass is 353 g/mol. The molecule has 5 heteroatoms. The second-order valence-electron chi connectivity index (χ2n) is 4.75. The van der Waals surface area contributed by atoms with Crippen molar-refractivity contribution >= 4 is 27.7 Å². The van der Waals surface area contributed by atoms with Gasteiger partial charge in [-0.15, -0.1) is 11.8 Å². The highest BCUT2D eigenvalue weighted by Gasteiger charge is 2.15. The summed E-state index contributed by atoms with van der Waals surface area (Å²) in [6.45, 7) is 5.00. The van der Waals surface area contributed by atoms with Crippen molar-refractivity contribution in [2.24, 2.45) is 5.73 Å². The topological polar surface area (TPSA) is 43.8 Å². The Morgan fingerprint density at radius 1 is 1.35 bits per heavy atom. The first kappa shape index (κ1) is 15.6. The van der Waals surface area contributed by atoms with E-state index in [4.69, 9.17) is 5.73 Å². The smallest absolute Gasteiger partial charge is 0.0738 e. The molecular weight excluding hydrogens is 334 g/mol. The summed E-state index contributed by atoms with van der Waals surface area (Å²) in [6, 6.07) is 10.5. The second kappa shape index (κ2) is 7.29. The zero-order valence-electron chi connectivity index (χ0n) is 11.8. The number of nitrogens with zero attached hydrogens (tertiary/aromatic N) is 2. The Kier molecular flexibility index (Phi) is 5.69. The minimum atomic E-state index is 0.123. The third-order valence-electron chi connectivity index (χ3n) is 3.12. The summed E-state index contributed by atoms with van der Waals surface area (Å²) >= 11 is 5.42. The van der Waals surface area contributed by atoms with Gasteiger partial charge in [-0.3, -0.25) is 4.68 Å². The molecule has 1 aromatic heterocycles. The van der Waals surface area contributed by atoms with Crippen LogP contribution in [0.1, 0.15) is 18.3 Å². The fourth-order valence-electron chi connectivity index (χ4n) is 2.09. The number of hydrogen-bond donors (Lipinski definition) is 1. The van der Waals surface area contributed by atoms with Gasteiger partial charge in [-0.1, -0.05) is 18.2 Å². The summed E-state index contributed by atoms with van der Waals surface area (Å²) < 4.78 is 3.13. The predicted molar refractivity (Wildman–Crippen MR) is 89.2 cm³/mol. The summed E-state index contributed by atoms with van der Waals surface area (Å²) in [5.74, 6) is 0.907. The van der Waals surface area contributed by atoms with Crippen molar-refractivity contribution in [2.45, 2.75) is 37.8 Å². The van der Waals surface area contributed by atoms with Crippen LogP contribution in [0.5, 0.6) is 0 Å². The van der Waals surface area contributed by atoms with E-state index in [0.29, 0.717) is 0 Å². The summed E-state index contributed by atoms with van der Waals surface area (Å²) in [5, 5.41) is 4.51. The summed E-state index contributed by atoms with van der Waals surface area (Å²) in [4.78, 5) is 1.27. The van der Waals surface area contributed by atoms with E-state index in [1.165, 1.54) is 10.6 Å². The SMILES string of the molecule is CCn1nc(C)c(Br)c1CC(N)CSc1ccccc1. The fourth-order valence-corrected chi connectivity index (χ4v) is 3.41. The highest BCUT2D eigenvalue weighted by Crippen LogP contribution is 2.24. The van der Waals surface area contributed by atoms with Gasteiger partial charge in [0.1, 0.15) is 0 Å². The highest BCUT2D eigenvalue weighted by molar-refractivity contribution is 9.10. The molecule has 2 aromatic rings. The van der Waals surface area contributed by atoms with Crippen LogP contribution in [0.15, 0.2) is 39.7 Å². The number of thioether (sulfide) groups is 1. The maximum Gasteiger partial charge on any atom is 0.0738 e. The third-order valence-corrected chi connectivity index (χ3v) is 5.35. The Bertz CT molecular complexity index is 554. The van der Waals surface area contributed by atoms with E-state index in [0.717, 1.165) is 28.9 Å². The van der Waals surface area contributed by atoms with E-state index in [1.54, 1.807) is 11.8 Å². The lowest BCUT2D eigenvalue weighted by Gasteiger charge is -2.13. The Morgan fingerprint density at radius 3 is 2.70 bits per heavy atom. The molecule has 1 heterocycles. The van der Waals surface area contributed by atoms with Gasteiger partial charge in [0.2, 0.25) is 0 Å². The molecule has 0 fully saturated rings. The lowest BCUT2D eigenvalue weighted by molar-refractivity contribution is 0.593. The first-order chi connectivity index (χ1) is 9.61. The normalized spacial score (nSPS) is 12.6. The molecule has 3 nitrogen and oxygen atoms in total. The van der Waals surface area contributed by atoms with E-state index in [2.05, 4.69) is 52.2 Å². The molecule has 2 rings (SSSR count). The second-order valence-corrected chi connectivity index (χ2v) is 6.64. The summed E-state index contributed by atoms with van der Waals surface area (Å²) in [6.07, 6.45) is 0.842. The van der Waals surface area contributed by atoms with Crippen molar-refractivity contribution in [3.05, 3.63) is 46.2 Å².